The zero-order chi connectivity index (χ0) is 8.97. The first kappa shape index (κ1) is 8.86. The van der Waals surface area contributed by atoms with Crippen LogP contribution in [0.4, 0.5) is 10.8 Å². The Morgan fingerprint density at radius 3 is 3.17 bits per heavy atom. The quantitative estimate of drug-likeness (QED) is 0.695. The highest BCUT2D eigenvalue weighted by atomic mass is 32.1. The summed E-state index contributed by atoms with van der Waals surface area (Å²) in [5.74, 6) is 1.04. The molecule has 4 nitrogen and oxygen atoms in total. The minimum Gasteiger partial charge on any atom is -0.490 e. The first-order valence-corrected chi connectivity index (χ1v) is 4.20. The van der Waals surface area contributed by atoms with Crippen LogP contribution in [0.5, 0.6) is 5.75 Å². The lowest BCUT2D eigenvalue weighted by atomic mass is 10.5. The van der Waals surface area contributed by atoms with Crippen molar-refractivity contribution in [3.63, 3.8) is 0 Å². The molecule has 12 heavy (non-hydrogen) atoms. The summed E-state index contributed by atoms with van der Waals surface area (Å²) in [6.07, 6.45) is 1.76. The van der Waals surface area contributed by atoms with Gasteiger partial charge in [0.15, 0.2) is 16.6 Å². The number of nitrogens with one attached hydrogen (secondary N) is 1. The molecule has 0 radical (unpaired) electrons. The summed E-state index contributed by atoms with van der Waals surface area (Å²) < 4.78 is 8.98. The fraction of sp³-hybridized carbons (Fsp3) is 0.286. The number of hydrogen-bond acceptors (Lipinski definition) is 5. The largest absolute Gasteiger partial charge is 0.490 e. The normalized spacial score (nSPS) is 9.42. The predicted molar refractivity (Wildman–Crippen MR) is 51.8 cm³/mol. The third-order valence-corrected chi connectivity index (χ3v) is 2.09. The van der Waals surface area contributed by atoms with E-state index in [9.17, 15) is 0 Å². The van der Waals surface area contributed by atoms with Gasteiger partial charge in [0, 0.05) is 6.54 Å². The smallest absolute Gasteiger partial charge is 0.197 e. The van der Waals surface area contributed by atoms with Crippen molar-refractivity contribution in [2.24, 2.45) is 0 Å². The second-order valence-corrected chi connectivity index (χ2v) is 2.87. The van der Waals surface area contributed by atoms with Crippen molar-refractivity contribution in [3.05, 3.63) is 12.7 Å². The summed E-state index contributed by atoms with van der Waals surface area (Å²) in [4.78, 5) is 0. The second kappa shape index (κ2) is 3.96. The first-order valence-electron chi connectivity index (χ1n) is 3.43. The molecule has 0 saturated carbocycles. The van der Waals surface area contributed by atoms with E-state index in [1.807, 2.05) is 0 Å². The van der Waals surface area contributed by atoms with E-state index >= 15 is 0 Å². The van der Waals surface area contributed by atoms with Gasteiger partial charge in [-0.25, -0.2) is 0 Å². The van der Waals surface area contributed by atoms with Crippen LogP contribution in [0.15, 0.2) is 12.7 Å². The number of nitrogens with zero attached hydrogens (tertiary/aromatic N) is 1. The van der Waals surface area contributed by atoms with Crippen LogP contribution in [-0.4, -0.2) is 18.0 Å². The maximum atomic E-state index is 5.53. The number of anilines is 2. The van der Waals surface area contributed by atoms with Crippen LogP contribution < -0.4 is 15.8 Å². The van der Waals surface area contributed by atoms with Crippen molar-refractivity contribution < 1.29 is 4.74 Å². The van der Waals surface area contributed by atoms with Crippen LogP contribution in [0.3, 0.4) is 0 Å². The van der Waals surface area contributed by atoms with Gasteiger partial charge in [0.25, 0.3) is 0 Å². The fourth-order valence-electron chi connectivity index (χ4n) is 0.769. The zero-order valence-corrected chi connectivity index (χ0v) is 7.65. The highest BCUT2D eigenvalue weighted by molar-refractivity contribution is 7.11. The van der Waals surface area contributed by atoms with E-state index in [4.69, 9.17) is 10.5 Å². The van der Waals surface area contributed by atoms with E-state index in [-0.39, 0.29) is 0 Å². The lowest BCUT2D eigenvalue weighted by Gasteiger charge is -2.02. The van der Waals surface area contributed by atoms with Crippen molar-refractivity contribution in [2.45, 2.75) is 0 Å². The van der Waals surface area contributed by atoms with Gasteiger partial charge in [-0.05, 0) is 11.5 Å². The van der Waals surface area contributed by atoms with Crippen molar-refractivity contribution in [1.29, 1.82) is 0 Å². The van der Waals surface area contributed by atoms with Crippen molar-refractivity contribution in [3.8, 4) is 5.75 Å². The molecule has 0 spiro atoms. The molecule has 1 aromatic heterocycles. The predicted octanol–water partition coefficient (Wildman–Crippen LogP) is 1.33. The molecule has 0 bridgehead atoms. The number of rotatable bonds is 4. The maximum Gasteiger partial charge on any atom is 0.197 e. The van der Waals surface area contributed by atoms with Gasteiger partial charge in [-0.3, -0.25) is 0 Å². The maximum absolute atomic E-state index is 5.53. The molecular weight excluding hydrogens is 174 g/mol. The number of aromatic nitrogens is 1. The highest BCUT2D eigenvalue weighted by Gasteiger charge is 2.09. The van der Waals surface area contributed by atoms with Crippen LogP contribution in [-0.2, 0) is 0 Å². The summed E-state index contributed by atoms with van der Waals surface area (Å²) in [5.41, 5.74) is 5.53. The van der Waals surface area contributed by atoms with Crippen LogP contribution in [0, 0.1) is 0 Å². The molecule has 0 atom stereocenters. The van der Waals surface area contributed by atoms with Gasteiger partial charge in [0.05, 0.1) is 7.11 Å². The molecule has 0 saturated heterocycles. The molecule has 0 fully saturated rings. The van der Waals surface area contributed by atoms with Gasteiger partial charge in [0.2, 0.25) is 0 Å². The summed E-state index contributed by atoms with van der Waals surface area (Å²) in [5, 5.41) is 3.91. The van der Waals surface area contributed by atoms with Gasteiger partial charge in [-0.15, -0.1) is 6.58 Å². The van der Waals surface area contributed by atoms with Crippen molar-refractivity contribution in [1.82, 2.24) is 4.37 Å². The Hall–Kier alpha value is -1.23. The second-order valence-electron chi connectivity index (χ2n) is 2.10. The molecule has 0 amide bonds. The summed E-state index contributed by atoms with van der Waals surface area (Å²) in [6, 6.07) is 0. The number of nitrogens with two attached hydrogens (primary N) is 1. The number of methoxy groups -OCH3 is 1. The van der Waals surface area contributed by atoms with Crippen molar-refractivity contribution in [2.75, 3.05) is 24.7 Å². The minimum atomic E-state index is 0.425. The molecular formula is C7H11N3OS. The van der Waals surface area contributed by atoms with Crippen LogP contribution in [0.2, 0.25) is 0 Å². The molecule has 5 heteroatoms. The summed E-state index contributed by atoms with van der Waals surface area (Å²) in [7, 11) is 1.57. The Labute approximate surface area is 75.2 Å². The third kappa shape index (κ3) is 1.68. The number of hydrogen-bond donors (Lipinski definition) is 2. The lowest BCUT2D eigenvalue weighted by Crippen LogP contribution is -1.98. The average molecular weight is 185 g/mol. The van der Waals surface area contributed by atoms with Crippen LogP contribution in [0.1, 0.15) is 0 Å². The fourth-order valence-corrected chi connectivity index (χ4v) is 1.46. The third-order valence-electron chi connectivity index (χ3n) is 1.29. The lowest BCUT2D eigenvalue weighted by molar-refractivity contribution is 0.419. The van der Waals surface area contributed by atoms with Gasteiger partial charge in [0.1, 0.15) is 0 Å². The van der Waals surface area contributed by atoms with E-state index in [0.29, 0.717) is 18.1 Å². The van der Waals surface area contributed by atoms with Gasteiger partial charge in [-0.1, -0.05) is 6.08 Å². The molecule has 1 rings (SSSR count). The molecule has 0 aliphatic heterocycles. The van der Waals surface area contributed by atoms with E-state index in [2.05, 4.69) is 16.3 Å². The van der Waals surface area contributed by atoms with Gasteiger partial charge < -0.3 is 15.8 Å². The Bertz CT molecular complexity index is 272. The standard InChI is InChI=1S/C7H11N3OS/c1-3-4-9-7-5(11-2)6(8)10-12-7/h3,9H,1,4H2,2H3,(H2,8,10). The molecule has 0 aromatic carbocycles. The van der Waals surface area contributed by atoms with Gasteiger partial charge in [-0.2, -0.15) is 4.37 Å². The summed E-state index contributed by atoms with van der Waals surface area (Å²) >= 11 is 1.28. The van der Waals surface area contributed by atoms with E-state index in [1.165, 1.54) is 11.5 Å². The average Bonchev–Trinajstić information content (AvgIpc) is 2.43. The molecule has 3 N–H and O–H groups in total. The van der Waals surface area contributed by atoms with E-state index < -0.39 is 0 Å². The Morgan fingerprint density at radius 2 is 2.58 bits per heavy atom. The topological polar surface area (TPSA) is 60.2 Å². The van der Waals surface area contributed by atoms with Crippen LogP contribution in [0.25, 0.3) is 0 Å². The number of ether oxygens (including phenoxy) is 1. The van der Waals surface area contributed by atoms with E-state index in [0.717, 1.165) is 5.00 Å². The Kier molecular flexibility index (Phi) is 2.93. The molecule has 0 aliphatic carbocycles. The Morgan fingerprint density at radius 1 is 1.83 bits per heavy atom. The zero-order valence-electron chi connectivity index (χ0n) is 6.83. The minimum absolute atomic E-state index is 0.425. The van der Waals surface area contributed by atoms with Gasteiger partial charge >= 0.3 is 0 Å². The molecule has 0 unspecified atom stereocenters. The van der Waals surface area contributed by atoms with Crippen LogP contribution >= 0.6 is 11.5 Å². The molecule has 1 heterocycles. The number of nitrogen functional groups attached to an aromatic ring is 1. The SMILES string of the molecule is C=CCNc1snc(N)c1OC. The highest BCUT2D eigenvalue weighted by Crippen LogP contribution is 2.34. The first-order chi connectivity index (χ1) is 5.79. The molecule has 1 aromatic rings. The monoisotopic (exact) mass is 185 g/mol. The Balaban J connectivity index is 2.76. The van der Waals surface area contributed by atoms with Crippen molar-refractivity contribution >= 4 is 22.4 Å². The summed E-state index contributed by atoms with van der Waals surface area (Å²) in [6.45, 7) is 4.27. The molecule has 66 valence electrons. The molecule has 0 aliphatic rings. The van der Waals surface area contributed by atoms with E-state index in [1.54, 1.807) is 13.2 Å².